The van der Waals surface area contributed by atoms with Crippen molar-refractivity contribution >= 4 is 17.9 Å². The molecule has 0 aromatic carbocycles. The highest BCUT2D eigenvalue weighted by atomic mass is 16.5. The van der Waals surface area contributed by atoms with Crippen molar-refractivity contribution in [1.29, 1.82) is 0 Å². The molecule has 6 nitrogen and oxygen atoms in total. The summed E-state index contributed by atoms with van der Waals surface area (Å²) in [6.45, 7) is 7.85. The van der Waals surface area contributed by atoms with Crippen molar-refractivity contribution in [3.05, 3.63) is 0 Å². The van der Waals surface area contributed by atoms with Crippen molar-refractivity contribution < 1.29 is 28.6 Å². The molecule has 0 saturated carbocycles. The molecule has 338 valence electrons. The first-order valence-corrected chi connectivity index (χ1v) is 25.5. The Balaban J connectivity index is 4.33. The molecular formula is C51H98O6. The van der Waals surface area contributed by atoms with Crippen LogP contribution in [0, 0.1) is 5.92 Å². The molecule has 0 fully saturated rings. The molecule has 0 bridgehead atoms. The molecule has 0 unspecified atom stereocenters. The van der Waals surface area contributed by atoms with Gasteiger partial charge in [-0.1, -0.05) is 252 Å². The number of carbonyl (C=O) groups is 3. The van der Waals surface area contributed by atoms with Gasteiger partial charge in [-0.05, 0) is 19.3 Å². The van der Waals surface area contributed by atoms with Crippen LogP contribution in [0.5, 0.6) is 0 Å². The lowest BCUT2D eigenvalue weighted by atomic mass is 10.0. The standard InChI is InChI=1S/C51H98O6/c1-4-7-10-13-16-19-22-25-28-31-34-37-40-43-55-49(52)46-48(51(54)57-45-42-39-36-33-30-27-24-21-18-15-12-9-6-3)47-50(53)56-44-41-38-35-32-29-26-23-20-17-14-11-8-5-2/h48H,4-47H2,1-3H3. The van der Waals surface area contributed by atoms with Crippen molar-refractivity contribution in [3.8, 4) is 0 Å². The number of hydrogen-bond acceptors (Lipinski definition) is 6. The Labute approximate surface area is 355 Å². The van der Waals surface area contributed by atoms with Crippen LogP contribution in [0.1, 0.15) is 284 Å². The summed E-state index contributed by atoms with van der Waals surface area (Å²) in [4.78, 5) is 38.6. The predicted molar refractivity (Wildman–Crippen MR) is 243 cm³/mol. The van der Waals surface area contributed by atoms with Crippen molar-refractivity contribution in [2.75, 3.05) is 19.8 Å². The second kappa shape index (κ2) is 47.1. The smallest absolute Gasteiger partial charge is 0.310 e. The second-order valence-electron chi connectivity index (χ2n) is 17.4. The lowest BCUT2D eigenvalue weighted by Crippen LogP contribution is -2.26. The van der Waals surface area contributed by atoms with Gasteiger partial charge in [0.25, 0.3) is 0 Å². The van der Waals surface area contributed by atoms with E-state index in [-0.39, 0.29) is 12.8 Å². The SMILES string of the molecule is CCCCCCCCCCCCCCCOC(=O)CC(CC(=O)OCCCCCCCCCCCCCCC)C(=O)OCCCCCCCCCCCCCCC. The van der Waals surface area contributed by atoms with E-state index in [0.29, 0.717) is 19.8 Å². The molecular weight excluding hydrogens is 709 g/mol. The normalized spacial score (nSPS) is 11.4. The minimum atomic E-state index is -0.856. The molecule has 0 saturated heterocycles. The summed E-state index contributed by atoms with van der Waals surface area (Å²) in [5, 5.41) is 0. The van der Waals surface area contributed by atoms with Gasteiger partial charge in [0.15, 0.2) is 0 Å². The van der Waals surface area contributed by atoms with E-state index >= 15 is 0 Å². The van der Waals surface area contributed by atoms with Crippen LogP contribution < -0.4 is 0 Å². The third-order valence-corrected chi connectivity index (χ3v) is 11.7. The van der Waals surface area contributed by atoms with E-state index in [4.69, 9.17) is 14.2 Å². The number of esters is 3. The van der Waals surface area contributed by atoms with Crippen molar-refractivity contribution in [2.24, 2.45) is 5.92 Å². The molecule has 57 heavy (non-hydrogen) atoms. The molecule has 0 heterocycles. The van der Waals surface area contributed by atoms with Gasteiger partial charge in [0.1, 0.15) is 0 Å². The monoisotopic (exact) mass is 807 g/mol. The van der Waals surface area contributed by atoms with E-state index in [0.717, 1.165) is 57.8 Å². The summed E-state index contributed by atoms with van der Waals surface area (Å²) in [5.74, 6) is -2.20. The van der Waals surface area contributed by atoms with Gasteiger partial charge < -0.3 is 14.2 Å². The largest absolute Gasteiger partial charge is 0.466 e. The van der Waals surface area contributed by atoms with Crippen LogP contribution in [0.3, 0.4) is 0 Å². The summed E-state index contributed by atoms with van der Waals surface area (Å²) in [7, 11) is 0. The minimum absolute atomic E-state index is 0.135. The summed E-state index contributed by atoms with van der Waals surface area (Å²) in [5.41, 5.74) is 0. The third kappa shape index (κ3) is 43.8. The maximum atomic E-state index is 13.1. The van der Waals surface area contributed by atoms with Gasteiger partial charge in [0.2, 0.25) is 0 Å². The van der Waals surface area contributed by atoms with Gasteiger partial charge in [-0.3, -0.25) is 14.4 Å². The Morgan fingerprint density at radius 2 is 0.474 bits per heavy atom. The highest BCUT2D eigenvalue weighted by Crippen LogP contribution is 2.18. The van der Waals surface area contributed by atoms with Gasteiger partial charge >= 0.3 is 17.9 Å². The molecule has 0 amide bonds. The Morgan fingerprint density at radius 3 is 0.702 bits per heavy atom. The topological polar surface area (TPSA) is 78.9 Å². The summed E-state index contributed by atoms with van der Waals surface area (Å²) in [6, 6.07) is 0. The maximum Gasteiger partial charge on any atom is 0.310 e. The Hall–Kier alpha value is -1.59. The third-order valence-electron chi connectivity index (χ3n) is 11.7. The van der Waals surface area contributed by atoms with Gasteiger partial charge in [0, 0.05) is 0 Å². The van der Waals surface area contributed by atoms with Crippen LogP contribution in [0.25, 0.3) is 0 Å². The average Bonchev–Trinajstić information content (AvgIpc) is 3.20. The number of rotatable bonds is 47. The fraction of sp³-hybridized carbons (Fsp3) is 0.941. The van der Waals surface area contributed by atoms with E-state index in [9.17, 15) is 14.4 Å². The molecule has 0 rings (SSSR count). The molecule has 0 atom stereocenters. The molecule has 0 spiro atoms. The first-order chi connectivity index (χ1) is 28.0. The van der Waals surface area contributed by atoms with Crippen LogP contribution in [0.4, 0.5) is 0 Å². The van der Waals surface area contributed by atoms with E-state index in [2.05, 4.69) is 20.8 Å². The van der Waals surface area contributed by atoms with Crippen LogP contribution in [-0.2, 0) is 28.6 Å². The van der Waals surface area contributed by atoms with E-state index in [1.165, 1.54) is 193 Å². The number of unbranched alkanes of at least 4 members (excludes halogenated alkanes) is 36. The van der Waals surface area contributed by atoms with E-state index in [1.807, 2.05) is 0 Å². The predicted octanol–water partition coefficient (Wildman–Crippen LogP) is 16.3. The first kappa shape index (κ1) is 55.4. The quantitative estimate of drug-likeness (QED) is 0.0346. The second-order valence-corrected chi connectivity index (χ2v) is 17.4. The van der Waals surface area contributed by atoms with Crippen LogP contribution in [0.2, 0.25) is 0 Å². The molecule has 6 heteroatoms. The highest BCUT2D eigenvalue weighted by molar-refractivity contribution is 5.84. The minimum Gasteiger partial charge on any atom is -0.466 e. The van der Waals surface area contributed by atoms with E-state index in [1.54, 1.807) is 0 Å². The lowest BCUT2D eigenvalue weighted by molar-refractivity contribution is -0.159. The summed E-state index contributed by atoms with van der Waals surface area (Å²) >= 11 is 0. The first-order valence-electron chi connectivity index (χ1n) is 25.5. The van der Waals surface area contributed by atoms with Gasteiger partial charge in [-0.25, -0.2) is 0 Å². The zero-order valence-electron chi connectivity index (χ0n) is 38.6. The van der Waals surface area contributed by atoms with Gasteiger partial charge in [-0.2, -0.15) is 0 Å². The zero-order chi connectivity index (χ0) is 41.5. The van der Waals surface area contributed by atoms with Gasteiger partial charge in [-0.15, -0.1) is 0 Å². The lowest BCUT2D eigenvalue weighted by Gasteiger charge is -2.15. The number of hydrogen-bond donors (Lipinski definition) is 0. The summed E-state index contributed by atoms with van der Waals surface area (Å²) in [6.07, 6.45) is 48.9. The van der Waals surface area contributed by atoms with Crippen LogP contribution in [0.15, 0.2) is 0 Å². The molecule has 0 N–H and O–H groups in total. The Bertz CT molecular complexity index is 798. The van der Waals surface area contributed by atoms with Crippen LogP contribution in [-0.4, -0.2) is 37.7 Å². The number of ether oxygens (including phenoxy) is 3. The van der Waals surface area contributed by atoms with Crippen molar-refractivity contribution in [2.45, 2.75) is 284 Å². The van der Waals surface area contributed by atoms with Crippen molar-refractivity contribution in [1.82, 2.24) is 0 Å². The molecule has 0 aromatic rings. The highest BCUT2D eigenvalue weighted by Gasteiger charge is 2.28. The Morgan fingerprint density at radius 1 is 0.281 bits per heavy atom. The molecule has 0 aliphatic carbocycles. The van der Waals surface area contributed by atoms with E-state index < -0.39 is 23.8 Å². The van der Waals surface area contributed by atoms with Crippen molar-refractivity contribution in [3.63, 3.8) is 0 Å². The fourth-order valence-corrected chi connectivity index (χ4v) is 7.78. The Kier molecular flexibility index (Phi) is 45.8. The zero-order valence-corrected chi connectivity index (χ0v) is 38.6. The number of carbonyl (C=O) groups excluding carboxylic acids is 3. The fourth-order valence-electron chi connectivity index (χ4n) is 7.78. The van der Waals surface area contributed by atoms with Gasteiger partial charge in [0.05, 0.1) is 38.6 Å². The molecule has 0 aliphatic heterocycles. The molecule has 0 radical (unpaired) electrons. The average molecular weight is 807 g/mol. The van der Waals surface area contributed by atoms with Crippen LogP contribution >= 0.6 is 0 Å². The molecule has 0 aromatic heterocycles. The maximum absolute atomic E-state index is 13.1. The molecule has 0 aliphatic rings. The summed E-state index contributed by atoms with van der Waals surface area (Å²) < 4.78 is 16.6.